The SMILES string of the molecule is COC(=O)c1sccc1NC(=O)C(C)C1CCCC1. The summed E-state index contributed by atoms with van der Waals surface area (Å²) in [4.78, 5) is 24.2. The third-order valence-electron chi connectivity index (χ3n) is 3.81. The van der Waals surface area contributed by atoms with Crippen LogP contribution in [0.2, 0.25) is 0 Å². The van der Waals surface area contributed by atoms with Gasteiger partial charge in [0.1, 0.15) is 4.88 Å². The van der Waals surface area contributed by atoms with Crippen LogP contribution in [0.4, 0.5) is 5.69 Å². The molecule has 0 aromatic carbocycles. The van der Waals surface area contributed by atoms with Crippen LogP contribution in [0, 0.1) is 11.8 Å². The number of thiophene rings is 1. The van der Waals surface area contributed by atoms with Crippen LogP contribution < -0.4 is 5.32 Å². The first-order valence-electron chi connectivity index (χ1n) is 6.60. The van der Waals surface area contributed by atoms with Gasteiger partial charge in [-0.05, 0) is 30.2 Å². The Morgan fingerprint density at radius 3 is 2.74 bits per heavy atom. The van der Waals surface area contributed by atoms with Crippen molar-refractivity contribution in [3.05, 3.63) is 16.3 Å². The van der Waals surface area contributed by atoms with Gasteiger partial charge < -0.3 is 10.1 Å². The van der Waals surface area contributed by atoms with E-state index in [0.29, 0.717) is 16.5 Å². The van der Waals surface area contributed by atoms with Crippen molar-refractivity contribution in [2.24, 2.45) is 11.8 Å². The summed E-state index contributed by atoms with van der Waals surface area (Å²) >= 11 is 1.28. The number of anilines is 1. The zero-order valence-electron chi connectivity index (χ0n) is 11.3. The third kappa shape index (κ3) is 3.15. The van der Waals surface area contributed by atoms with Crippen molar-refractivity contribution in [2.75, 3.05) is 12.4 Å². The maximum Gasteiger partial charge on any atom is 0.350 e. The minimum absolute atomic E-state index is 0.00421. The summed E-state index contributed by atoms with van der Waals surface area (Å²) in [7, 11) is 1.34. The highest BCUT2D eigenvalue weighted by molar-refractivity contribution is 7.12. The van der Waals surface area contributed by atoms with E-state index >= 15 is 0 Å². The Bertz CT molecular complexity index is 463. The zero-order valence-corrected chi connectivity index (χ0v) is 12.1. The topological polar surface area (TPSA) is 55.4 Å². The van der Waals surface area contributed by atoms with Gasteiger partial charge in [-0.1, -0.05) is 19.8 Å². The number of nitrogens with one attached hydrogen (secondary N) is 1. The molecule has 1 aromatic rings. The molecular weight excluding hydrogens is 262 g/mol. The van der Waals surface area contributed by atoms with E-state index in [-0.39, 0.29) is 11.8 Å². The average molecular weight is 281 g/mol. The van der Waals surface area contributed by atoms with Gasteiger partial charge in [-0.15, -0.1) is 11.3 Å². The average Bonchev–Trinajstić information content (AvgIpc) is 3.07. The van der Waals surface area contributed by atoms with Crippen molar-refractivity contribution in [1.82, 2.24) is 0 Å². The van der Waals surface area contributed by atoms with Crippen LogP contribution in [0.1, 0.15) is 42.3 Å². The largest absolute Gasteiger partial charge is 0.465 e. The van der Waals surface area contributed by atoms with Crippen molar-refractivity contribution in [3.8, 4) is 0 Å². The van der Waals surface area contributed by atoms with E-state index in [4.69, 9.17) is 4.74 Å². The van der Waals surface area contributed by atoms with Gasteiger partial charge in [-0.2, -0.15) is 0 Å². The lowest BCUT2D eigenvalue weighted by atomic mass is 9.92. The summed E-state index contributed by atoms with van der Waals surface area (Å²) in [6.45, 7) is 1.97. The molecule has 1 aliphatic carbocycles. The fraction of sp³-hybridized carbons (Fsp3) is 0.571. The number of rotatable bonds is 4. The van der Waals surface area contributed by atoms with Crippen molar-refractivity contribution < 1.29 is 14.3 Å². The van der Waals surface area contributed by atoms with Crippen molar-refractivity contribution in [1.29, 1.82) is 0 Å². The molecule has 5 heteroatoms. The fourth-order valence-electron chi connectivity index (χ4n) is 2.58. The van der Waals surface area contributed by atoms with E-state index in [1.165, 1.54) is 31.3 Å². The molecule has 0 radical (unpaired) electrons. The molecule has 1 N–H and O–H groups in total. The highest BCUT2D eigenvalue weighted by atomic mass is 32.1. The maximum absolute atomic E-state index is 12.2. The summed E-state index contributed by atoms with van der Waals surface area (Å²) in [5, 5.41) is 4.63. The number of hydrogen-bond donors (Lipinski definition) is 1. The second-order valence-electron chi connectivity index (χ2n) is 4.98. The van der Waals surface area contributed by atoms with Crippen molar-refractivity contribution in [2.45, 2.75) is 32.6 Å². The van der Waals surface area contributed by atoms with Crippen molar-refractivity contribution in [3.63, 3.8) is 0 Å². The predicted octanol–water partition coefficient (Wildman–Crippen LogP) is 3.30. The fourth-order valence-corrected chi connectivity index (χ4v) is 3.34. The van der Waals surface area contributed by atoms with E-state index in [0.717, 1.165) is 12.8 Å². The van der Waals surface area contributed by atoms with Gasteiger partial charge in [0.25, 0.3) is 0 Å². The molecule has 0 bridgehead atoms. The molecule has 1 atom stereocenters. The van der Waals surface area contributed by atoms with Crippen LogP contribution >= 0.6 is 11.3 Å². The Hall–Kier alpha value is -1.36. The Morgan fingerprint density at radius 1 is 1.42 bits per heavy atom. The molecule has 104 valence electrons. The summed E-state index contributed by atoms with van der Waals surface area (Å²) in [5.74, 6) is 0.0578. The lowest BCUT2D eigenvalue weighted by Crippen LogP contribution is -2.26. The number of methoxy groups -OCH3 is 1. The highest BCUT2D eigenvalue weighted by Gasteiger charge is 2.27. The number of hydrogen-bond acceptors (Lipinski definition) is 4. The minimum Gasteiger partial charge on any atom is -0.465 e. The van der Waals surface area contributed by atoms with Crippen LogP contribution in [0.25, 0.3) is 0 Å². The zero-order chi connectivity index (χ0) is 13.8. The monoisotopic (exact) mass is 281 g/mol. The second-order valence-corrected chi connectivity index (χ2v) is 5.89. The van der Waals surface area contributed by atoms with Gasteiger partial charge in [0.2, 0.25) is 5.91 Å². The van der Waals surface area contributed by atoms with E-state index in [1.54, 1.807) is 11.4 Å². The van der Waals surface area contributed by atoms with Gasteiger partial charge >= 0.3 is 5.97 Å². The van der Waals surface area contributed by atoms with Crippen LogP contribution in [0.5, 0.6) is 0 Å². The smallest absolute Gasteiger partial charge is 0.350 e. The first kappa shape index (κ1) is 14.1. The molecule has 0 saturated heterocycles. The number of esters is 1. The Morgan fingerprint density at radius 2 is 2.11 bits per heavy atom. The summed E-state index contributed by atoms with van der Waals surface area (Å²) < 4.78 is 4.70. The molecule has 1 amide bonds. The highest BCUT2D eigenvalue weighted by Crippen LogP contribution is 2.32. The van der Waals surface area contributed by atoms with Crippen molar-refractivity contribution >= 4 is 28.9 Å². The molecule has 4 nitrogen and oxygen atoms in total. The maximum atomic E-state index is 12.2. The number of carbonyl (C=O) groups is 2. The second kappa shape index (κ2) is 6.19. The first-order chi connectivity index (χ1) is 9.13. The summed E-state index contributed by atoms with van der Waals surface area (Å²) in [6.07, 6.45) is 4.69. The molecular formula is C14H19NO3S. The first-order valence-corrected chi connectivity index (χ1v) is 7.48. The quantitative estimate of drug-likeness (QED) is 0.861. The normalized spacial score (nSPS) is 17.2. The summed E-state index contributed by atoms with van der Waals surface area (Å²) in [6, 6.07) is 1.75. The van der Waals surface area contributed by atoms with Gasteiger partial charge in [0, 0.05) is 5.92 Å². The lowest BCUT2D eigenvalue weighted by molar-refractivity contribution is -0.120. The molecule has 1 saturated carbocycles. The number of carbonyl (C=O) groups excluding carboxylic acids is 2. The lowest BCUT2D eigenvalue weighted by Gasteiger charge is -2.18. The Kier molecular flexibility index (Phi) is 4.58. The van der Waals surface area contributed by atoms with Gasteiger partial charge in [-0.3, -0.25) is 4.79 Å². The molecule has 1 aliphatic rings. The molecule has 1 fully saturated rings. The molecule has 1 aromatic heterocycles. The third-order valence-corrected chi connectivity index (χ3v) is 4.71. The van der Waals surface area contributed by atoms with E-state index in [2.05, 4.69) is 5.32 Å². The number of ether oxygens (including phenoxy) is 1. The summed E-state index contributed by atoms with van der Waals surface area (Å²) in [5.41, 5.74) is 0.562. The van der Waals surface area contributed by atoms with Gasteiger partial charge in [0.05, 0.1) is 12.8 Å². The predicted molar refractivity (Wildman–Crippen MR) is 75.4 cm³/mol. The molecule has 19 heavy (non-hydrogen) atoms. The Labute approximate surface area is 117 Å². The molecule has 2 rings (SSSR count). The van der Waals surface area contributed by atoms with E-state index in [9.17, 15) is 9.59 Å². The number of amides is 1. The van der Waals surface area contributed by atoms with Crippen LogP contribution in [0.15, 0.2) is 11.4 Å². The van der Waals surface area contributed by atoms with Gasteiger partial charge in [0.15, 0.2) is 0 Å². The van der Waals surface area contributed by atoms with Crippen LogP contribution in [-0.2, 0) is 9.53 Å². The van der Waals surface area contributed by atoms with Crippen LogP contribution in [0.3, 0.4) is 0 Å². The van der Waals surface area contributed by atoms with E-state index < -0.39 is 5.97 Å². The van der Waals surface area contributed by atoms with Gasteiger partial charge in [-0.25, -0.2) is 4.79 Å². The standard InChI is InChI=1S/C14H19NO3S/c1-9(10-5-3-4-6-10)13(16)15-11-7-8-19-12(11)14(17)18-2/h7-10H,3-6H2,1-2H3,(H,15,16). The molecule has 1 heterocycles. The molecule has 1 unspecified atom stereocenters. The molecule has 0 spiro atoms. The molecule has 0 aliphatic heterocycles. The van der Waals surface area contributed by atoms with Crippen LogP contribution in [-0.4, -0.2) is 19.0 Å². The minimum atomic E-state index is -0.404. The Balaban J connectivity index is 2.02. The van der Waals surface area contributed by atoms with E-state index in [1.807, 2.05) is 6.92 Å².